The fourth-order valence-corrected chi connectivity index (χ4v) is 5.83. The zero-order chi connectivity index (χ0) is 31.5. The number of amides is 3. The van der Waals surface area contributed by atoms with Gasteiger partial charge in [0.2, 0.25) is 11.8 Å². The first-order chi connectivity index (χ1) is 21.8. The third-order valence-corrected chi connectivity index (χ3v) is 8.34. The molecule has 0 saturated carbocycles. The number of piperidine rings is 1. The minimum atomic E-state index is -0.495. The summed E-state index contributed by atoms with van der Waals surface area (Å²) < 4.78 is 20.0. The highest BCUT2D eigenvalue weighted by molar-refractivity contribution is 5.93. The molecule has 3 aliphatic heterocycles. The van der Waals surface area contributed by atoms with E-state index in [0.717, 1.165) is 22.3 Å². The molecule has 4 aromatic rings. The smallest absolute Gasteiger partial charge is 0.274 e. The number of nitrogens with one attached hydrogen (secondary N) is 1. The van der Waals surface area contributed by atoms with Crippen molar-refractivity contribution in [1.29, 1.82) is 0 Å². The van der Waals surface area contributed by atoms with E-state index in [9.17, 15) is 14.4 Å². The Morgan fingerprint density at radius 1 is 1.07 bits per heavy atom. The number of aryl methyl sites for hydroxylation is 2. The van der Waals surface area contributed by atoms with Crippen molar-refractivity contribution in [3.05, 3.63) is 89.4 Å². The normalized spacial score (nSPS) is 19.6. The van der Waals surface area contributed by atoms with Crippen LogP contribution in [0.3, 0.4) is 0 Å². The second-order valence-corrected chi connectivity index (χ2v) is 11.6. The molecule has 3 amide bonds. The number of fused-ring (bicyclic) bond motifs is 10. The van der Waals surface area contributed by atoms with Gasteiger partial charge in [0, 0.05) is 39.0 Å². The highest BCUT2D eigenvalue weighted by atomic mass is 16.5. The lowest BCUT2D eigenvalue weighted by molar-refractivity contribution is -0.135. The lowest BCUT2D eigenvalue weighted by Crippen LogP contribution is -2.57. The van der Waals surface area contributed by atoms with Crippen molar-refractivity contribution in [2.75, 3.05) is 33.8 Å². The van der Waals surface area contributed by atoms with Gasteiger partial charge >= 0.3 is 0 Å². The molecule has 2 aromatic heterocycles. The number of likely N-dealkylation sites (tertiary alicyclic amines) is 1. The molecule has 1 saturated heterocycles. The number of ether oxygens (including phenoxy) is 3. The van der Waals surface area contributed by atoms with Crippen LogP contribution in [0.15, 0.2) is 67.0 Å². The molecule has 0 aliphatic carbocycles. The lowest BCUT2D eigenvalue weighted by atomic mass is 10.0. The summed E-state index contributed by atoms with van der Waals surface area (Å²) in [5.41, 5.74) is 3.87. The van der Waals surface area contributed by atoms with Crippen molar-refractivity contribution in [2.24, 2.45) is 0 Å². The molecule has 11 heteroatoms. The minimum Gasteiger partial charge on any atom is -0.493 e. The van der Waals surface area contributed by atoms with E-state index in [0.29, 0.717) is 42.3 Å². The molecule has 45 heavy (non-hydrogen) atoms. The zero-order valence-corrected chi connectivity index (χ0v) is 25.7. The third kappa shape index (κ3) is 6.78. The predicted molar refractivity (Wildman–Crippen MR) is 166 cm³/mol. The summed E-state index contributed by atoms with van der Waals surface area (Å²) in [5, 5.41) is 3.07. The first-order valence-electron chi connectivity index (χ1n) is 15.1. The Morgan fingerprint density at radius 2 is 1.93 bits per heavy atom. The van der Waals surface area contributed by atoms with Gasteiger partial charge in [-0.3, -0.25) is 14.4 Å². The number of pyridine rings is 1. The van der Waals surface area contributed by atoms with Gasteiger partial charge in [0.15, 0.2) is 11.5 Å². The average Bonchev–Trinajstić information content (AvgIpc) is 3.49. The van der Waals surface area contributed by atoms with Crippen LogP contribution in [0, 0.1) is 6.92 Å². The second-order valence-electron chi connectivity index (χ2n) is 11.6. The Balaban J connectivity index is 1.25. The van der Waals surface area contributed by atoms with Crippen molar-refractivity contribution in [3.8, 4) is 17.2 Å². The molecule has 1 N–H and O–H groups in total. The summed E-state index contributed by atoms with van der Waals surface area (Å²) >= 11 is 0. The van der Waals surface area contributed by atoms with Crippen LogP contribution in [0.5, 0.6) is 17.2 Å². The SMILES string of the molecule is COc1cc2ccc1Oc1cccc(c1)CO[C@H]1CN(C(=O)c3cn4cccc(C)c4n3)CC[C@@H]1NC(=O)CN(C)C(=O)CC2. The van der Waals surface area contributed by atoms with E-state index in [2.05, 4.69) is 10.3 Å². The summed E-state index contributed by atoms with van der Waals surface area (Å²) in [6, 6.07) is 16.7. The predicted octanol–water partition coefficient (Wildman–Crippen LogP) is 3.76. The van der Waals surface area contributed by atoms with Crippen molar-refractivity contribution in [3.63, 3.8) is 0 Å². The molecular weight excluding hydrogens is 574 g/mol. The van der Waals surface area contributed by atoms with Crippen molar-refractivity contribution in [2.45, 2.75) is 44.9 Å². The highest BCUT2D eigenvalue weighted by Crippen LogP contribution is 2.33. The molecule has 3 aliphatic rings. The van der Waals surface area contributed by atoms with E-state index in [1.54, 1.807) is 25.3 Å². The number of methoxy groups -OCH3 is 1. The van der Waals surface area contributed by atoms with E-state index in [4.69, 9.17) is 14.2 Å². The van der Waals surface area contributed by atoms with Crippen LogP contribution in [-0.4, -0.2) is 82.8 Å². The number of nitrogens with zero attached hydrogens (tertiary/aromatic N) is 4. The number of carbonyl (C=O) groups is 3. The van der Waals surface area contributed by atoms with Gasteiger partial charge in [-0.05, 0) is 66.8 Å². The van der Waals surface area contributed by atoms with E-state index in [1.807, 2.05) is 72.1 Å². The molecule has 2 atom stereocenters. The quantitative estimate of drug-likeness (QED) is 0.367. The number of imidazole rings is 1. The fraction of sp³-hybridized carbons (Fsp3) is 0.353. The Bertz CT molecular complexity index is 1740. The molecule has 0 unspecified atom stereocenters. The molecule has 7 rings (SSSR count). The summed E-state index contributed by atoms with van der Waals surface area (Å²) in [4.78, 5) is 47.4. The minimum absolute atomic E-state index is 0.0799. The molecule has 2 aromatic carbocycles. The van der Waals surface area contributed by atoms with Crippen LogP contribution < -0.4 is 14.8 Å². The monoisotopic (exact) mass is 611 g/mol. The number of benzene rings is 2. The van der Waals surface area contributed by atoms with Crippen LogP contribution >= 0.6 is 0 Å². The summed E-state index contributed by atoms with van der Waals surface area (Å²) in [6.07, 6.45) is 4.34. The third-order valence-electron chi connectivity index (χ3n) is 8.34. The summed E-state index contributed by atoms with van der Waals surface area (Å²) in [5.74, 6) is 1.11. The van der Waals surface area contributed by atoms with Crippen molar-refractivity contribution in [1.82, 2.24) is 24.5 Å². The molecule has 11 nitrogen and oxygen atoms in total. The standard InChI is InChI=1S/C34H37N5O6/c1-22-6-5-14-38-18-27(36-33(22)38)34(42)39-15-13-26-30(19-39)44-21-24-7-4-8-25(16-24)45-28-11-9-23(17-29(28)43-3)10-12-32(41)37(2)20-31(40)35-26/h4-9,11,14,16-18,26,30H,10,12-13,15,19-21H2,1-3H3,(H,35,40)/t26-,30-/m0/s1. The topological polar surface area (TPSA) is 115 Å². The Labute approximate surface area is 261 Å². The first kappa shape index (κ1) is 30.1. The van der Waals surface area contributed by atoms with E-state index in [1.165, 1.54) is 4.90 Å². The van der Waals surface area contributed by atoms with Gasteiger partial charge in [-0.2, -0.15) is 0 Å². The molecule has 4 bridgehead atoms. The number of rotatable bonds is 2. The van der Waals surface area contributed by atoms with Gasteiger partial charge in [0.1, 0.15) is 17.1 Å². The van der Waals surface area contributed by atoms with Crippen molar-refractivity contribution < 1.29 is 28.6 Å². The van der Waals surface area contributed by atoms with E-state index < -0.39 is 6.10 Å². The molecule has 1 fully saturated rings. The second kappa shape index (κ2) is 13.0. The Hall–Kier alpha value is -4.90. The van der Waals surface area contributed by atoms with Crippen LogP contribution in [0.1, 0.15) is 40.0 Å². The van der Waals surface area contributed by atoms with E-state index >= 15 is 0 Å². The first-order valence-corrected chi connectivity index (χ1v) is 15.1. The van der Waals surface area contributed by atoms with Gasteiger partial charge < -0.3 is 33.7 Å². The average molecular weight is 612 g/mol. The number of likely N-dealkylation sites (N-methyl/N-ethyl adjacent to an activating group) is 1. The molecule has 234 valence electrons. The maximum atomic E-state index is 13.6. The Kier molecular flexibility index (Phi) is 8.70. The fourth-order valence-electron chi connectivity index (χ4n) is 5.83. The maximum absolute atomic E-state index is 13.6. The summed E-state index contributed by atoms with van der Waals surface area (Å²) in [7, 11) is 3.20. The van der Waals surface area contributed by atoms with Crippen molar-refractivity contribution >= 4 is 23.4 Å². The maximum Gasteiger partial charge on any atom is 0.274 e. The van der Waals surface area contributed by atoms with Gasteiger partial charge in [0.05, 0.1) is 32.4 Å². The van der Waals surface area contributed by atoms with Crippen LogP contribution in [0.2, 0.25) is 0 Å². The zero-order valence-electron chi connectivity index (χ0n) is 25.7. The Morgan fingerprint density at radius 3 is 2.76 bits per heavy atom. The number of carbonyl (C=O) groups excluding carboxylic acids is 3. The highest BCUT2D eigenvalue weighted by Gasteiger charge is 2.34. The molecule has 0 radical (unpaired) electrons. The van der Waals surface area contributed by atoms with Crippen LogP contribution in [0.25, 0.3) is 5.65 Å². The van der Waals surface area contributed by atoms with Gasteiger partial charge in [-0.15, -0.1) is 0 Å². The van der Waals surface area contributed by atoms with E-state index in [-0.39, 0.29) is 49.9 Å². The number of aromatic nitrogens is 2. The number of hydrogen-bond acceptors (Lipinski definition) is 7. The summed E-state index contributed by atoms with van der Waals surface area (Å²) in [6.45, 7) is 2.81. The molecule has 5 heterocycles. The van der Waals surface area contributed by atoms with Gasteiger partial charge in [-0.1, -0.05) is 24.3 Å². The van der Waals surface area contributed by atoms with Crippen LogP contribution in [-0.2, 0) is 27.4 Å². The lowest BCUT2D eigenvalue weighted by Gasteiger charge is -2.38. The largest absolute Gasteiger partial charge is 0.493 e. The van der Waals surface area contributed by atoms with Gasteiger partial charge in [-0.25, -0.2) is 4.98 Å². The van der Waals surface area contributed by atoms with Crippen LogP contribution in [0.4, 0.5) is 0 Å². The number of hydrogen-bond donors (Lipinski definition) is 1. The molecule has 0 spiro atoms. The van der Waals surface area contributed by atoms with Gasteiger partial charge in [0.25, 0.3) is 5.91 Å². The molecular formula is C34H37N5O6.